The van der Waals surface area contributed by atoms with Crippen molar-refractivity contribution in [1.82, 2.24) is 10.3 Å². The van der Waals surface area contributed by atoms with Crippen LogP contribution >= 0.6 is 11.3 Å². The maximum atomic E-state index is 13.9. The van der Waals surface area contributed by atoms with Gasteiger partial charge in [0, 0.05) is 51.8 Å². The molecule has 2 aliphatic rings. The molecule has 0 bridgehead atoms. The Morgan fingerprint density at radius 3 is 2.49 bits per heavy atom. The Labute approximate surface area is 253 Å². The van der Waals surface area contributed by atoms with Crippen molar-refractivity contribution in [3.8, 4) is 27.3 Å². The van der Waals surface area contributed by atoms with Crippen LogP contribution < -0.4 is 21.1 Å². The smallest absolute Gasteiger partial charge is 0.355 e. The van der Waals surface area contributed by atoms with Crippen LogP contribution in [-0.4, -0.2) is 40.5 Å². The largest absolute Gasteiger partial charge is 0.493 e. The standard InChI is InChI=1S/C33H32N4O5S/c34-18-19-6-8-22(9-7-19)35-31(38)25-16-26-28(42-14-12-20-13-15-43-30(20)26)17-24(25)23-10-11-27(37-29(23)33(40)41)32(39)36-21-4-2-1-3-5-21/h6-11,13,15-17,21H,1-5,12,14,18,34H2,(H,35,38)(H,36,39)(H,40,41). The number of carboxylic acid groups (broad SMARTS) is 1. The number of aromatic carboxylic acids is 1. The number of aromatic nitrogens is 1. The van der Waals surface area contributed by atoms with Gasteiger partial charge in [0.15, 0.2) is 5.69 Å². The molecular formula is C33H32N4O5S. The summed E-state index contributed by atoms with van der Waals surface area (Å²) >= 11 is 1.56. The fourth-order valence-electron chi connectivity index (χ4n) is 5.72. The molecule has 1 aliphatic heterocycles. The Morgan fingerprint density at radius 1 is 0.953 bits per heavy atom. The second kappa shape index (κ2) is 12.4. The number of nitrogens with two attached hydrogens (primary N) is 1. The first-order valence-electron chi connectivity index (χ1n) is 14.4. The summed E-state index contributed by atoms with van der Waals surface area (Å²) in [6.07, 6.45) is 5.74. The summed E-state index contributed by atoms with van der Waals surface area (Å²) in [5.74, 6) is -1.58. The summed E-state index contributed by atoms with van der Waals surface area (Å²) in [5, 5.41) is 18.2. The molecular weight excluding hydrogens is 564 g/mol. The second-order valence-electron chi connectivity index (χ2n) is 10.8. The number of anilines is 1. The number of carbonyl (C=O) groups is 3. The van der Waals surface area contributed by atoms with Gasteiger partial charge in [0.2, 0.25) is 0 Å². The van der Waals surface area contributed by atoms with Gasteiger partial charge in [0.1, 0.15) is 11.4 Å². The highest BCUT2D eigenvalue weighted by Gasteiger charge is 2.27. The molecule has 2 aromatic carbocycles. The van der Waals surface area contributed by atoms with E-state index >= 15 is 0 Å². The van der Waals surface area contributed by atoms with Gasteiger partial charge in [-0.05, 0) is 71.8 Å². The minimum atomic E-state index is -1.30. The number of nitrogens with zero attached hydrogens (tertiary/aromatic N) is 1. The van der Waals surface area contributed by atoms with Crippen molar-refractivity contribution in [3.05, 3.63) is 88.1 Å². The van der Waals surface area contributed by atoms with Crippen LogP contribution in [0.2, 0.25) is 0 Å². The third-order valence-electron chi connectivity index (χ3n) is 7.99. The summed E-state index contributed by atoms with van der Waals surface area (Å²) in [5.41, 5.74) is 9.64. The van der Waals surface area contributed by atoms with Crippen LogP contribution in [0.15, 0.2) is 60.0 Å². The average molecular weight is 597 g/mol. The van der Waals surface area contributed by atoms with Crippen LogP contribution in [0.25, 0.3) is 21.6 Å². The molecule has 2 aromatic heterocycles. The van der Waals surface area contributed by atoms with Gasteiger partial charge < -0.3 is 26.2 Å². The number of thiophene rings is 1. The number of nitrogens with one attached hydrogen (secondary N) is 2. The molecule has 0 atom stereocenters. The molecule has 220 valence electrons. The van der Waals surface area contributed by atoms with Crippen molar-refractivity contribution in [2.24, 2.45) is 5.73 Å². The van der Waals surface area contributed by atoms with E-state index in [0.717, 1.165) is 53.7 Å². The van der Waals surface area contributed by atoms with Crippen molar-refractivity contribution >= 4 is 34.8 Å². The van der Waals surface area contributed by atoms with Crippen molar-refractivity contribution < 1.29 is 24.2 Å². The summed E-state index contributed by atoms with van der Waals surface area (Å²) in [7, 11) is 0. The SMILES string of the molecule is NCc1ccc(NC(=O)c2cc3c(cc2-c2ccc(C(=O)NC4CCCCC4)nc2C(=O)O)OCCc2ccsc2-3)cc1. The van der Waals surface area contributed by atoms with Crippen LogP contribution in [0.5, 0.6) is 5.75 Å². The number of rotatable bonds is 7. The molecule has 0 radical (unpaired) electrons. The third kappa shape index (κ3) is 6.02. The van der Waals surface area contributed by atoms with Gasteiger partial charge in [-0.2, -0.15) is 0 Å². The lowest BCUT2D eigenvalue weighted by Gasteiger charge is -2.22. The Kier molecular flexibility index (Phi) is 8.22. The van der Waals surface area contributed by atoms with E-state index in [1.807, 2.05) is 17.5 Å². The Hall–Kier alpha value is -4.54. The summed E-state index contributed by atoms with van der Waals surface area (Å²) in [4.78, 5) is 44.7. The first-order valence-corrected chi connectivity index (χ1v) is 15.3. The predicted octanol–water partition coefficient (Wildman–Crippen LogP) is 5.88. The van der Waals surface area contributed by atoms with Gasteiger partial charge in [-0.15, -0.1) is 11.3 Å². The minimum Gasteiger partial charge on any atom is -0.493 e. The zero-order chi connectivity index (χ0) is 29.9. The number of pyridine rings is 1. The quantitative estimate of drug-likeness (QED) is 0.208. The number of carbonyl (C=O) groups excluding carboxylic acids is 2. The molecule has 5 N–H and O–H groups in total. The lowest BCUT2D eigenvalue weighted by molar-refractivity contribution is 0.0691. The zero-order valence-corrected chi connectivity index (χ0v) is 24.3. The van der Waals surface area contributed by atoms with E-state index in [4.69, 9.17) is 10.5 Å². The first-order chi connectivity index (χ1) is 20.9. The number of hydrogen-bond donors (Lipinski definition) is 4. The molecule has 2 amide bonds. The van der Waals surface area contributed by atoms with Gasteiger partial charge in [0.25, 0.3) is 11.8 Å². The summed E-state index contributed by atoms with van der Waals surface area (Å²) < 4.78 is 6.11. The molecule has 43 heavy (non-hydrogen) atoms. The van der Waals surface area contributed by atoms with Crippen LogP contribution in [0.3, 0.4) is 0 Å². The molecule has 1 fully saturated rings. The minimum absolute atomic E-state index is 0.0203. The van der Waals surface area contributed by atoms with Crippen LogP contribution in [-0.2, 0) is 13.0 Å². The van der Waals surface area contributed by atoms with E-state index < -0.39 is 17.8 Å². The Balaban J connectivity index is 1.43. The lowest BCUT2D eigenvalue weighted by atomic mass is 9.93. The Morgan fingerprint density at radius 2 is 1.74 bits per heavy atom. The van der Waals surface area contributed by atoms with Crippen molar-refractivity contribution in [2.45, 2.75) is 51.1 Å². The molecule has 10 heteroatoms. The van der Waals surface area contributed by atoms with Crippen LogP contribution in [0.1, 0.15) is 74.6 Å². The van der Waals surface area contributed by atoms with Crippen molar-refractivity contribution in [2.75, 3.05) is 11.9 Å². The van der Waals surface area contributed by atoms with Crippen molar-refractivity contribution in [3.63, 3.8) is 0 Å². The molecule has 6 rings (SSSR count). The molecule has 3 heterocycles. The highest BCUT2D eigenvalue weighted by molar-refractivity contribution is 7.13. The van der Waals surface area contributed by atoms with Gasteiger partial charge in [-0.3, -0.25) is 9.59 Å². The molecule has 1 saturated carbocycles. The van der Waals surface area contributed by atoms with E-state index in [9.17, 15) is 19.5 Å². The molecule has 9 nitrogen and oxygen atoms in total. The fraction of sp³-hybridized carbons (Fsp3) is 0.273. The van der Waals surface area contributed by atoms with E-state index in [-0.39, 0.29) is 28.6 Å². The first kappa shape index (κ1) is 28.6. The summed E-state index contributed by atoms with van der Waals surface area (Å²) in [6, 6.07) is 15.8. The number of benzene rings is 2. The molecule has 0 unspecified atom stereocenters. The maximum absolute atomic E-state index is 13.9. The molecule has 0 saturated heterocycles. The average Bonchev–Trinajstić information content (AvgIpc) is 3.42. The van der Waals surface area contributed by atoms with Crippen molar-refractivity contribution in [1.29, 1.82) is 0 Å². The highest BCUT2D eigenvalue weighted by Crippen LogP contribution is 2.43. The summed E-state index contributed by atoms with van der Waals surface area (Å²) in [6.45, 7) is 0.825. The third-order valence-corrected chi connectivity index (χ3v) is 8.98. The normalized spacial score (nSPS) is 14.5. The van der Waals surface area contributed by atoms with Crippen LogP contribution in [0, 0.1) is 0 Å². The van der Waals surface area contributed by atoms with E-state index in [1.165, 1.54) is 6.07 Å². The van der Waals surface area contributed by atoms with Gasteiger partial charge >= 0.3 is 5.97 Å². The maximum Gasteiger partial charge on any atom is 0.355 e. The highest BCUT2D eigenvalue weighted by atomic mass is 32.1. The van der Waals surface area contributed by atoms with E-state index in [0.29, 0.717) is 36.6 Å². The van der Waals surface area contributed by atoms with Gasteiger partial charge in [0.05, 0.1) is 6.61 Å². The second-order valence-corrected chi connectivity index (χ2v) is 11.7. The zero-order valence-electron chi connectivity index (χ0n) is 23.5. The monoisotopic (exact) mass is 596 g/mol. The van der Waals surface area contributed by atoms with Crippen LogP contribution in [0.4, 0.5) is 5.69 Å². The topological polar surface area (TPSA) is 144 Å². The number of amides is 2. The molecule has 0 spiro atoms. The predicted molar refractivity (Wildman–Crippen MR) is 166 cm³/mol. The molecule has 1 aliphatic carbocycles. The Bertz CT molecular complexity index is 1690. The number of fused-ring (bicyclic) bond motifs is 3. The lowest BCUT2D eigenvalue weighted by Crippen LogP contribution is -2.36. The van der Waals surface area contributed by atoms with E-state index in [2.05, 4.69) is 21.7 Å². The van der Waals surface area contributed by atoms with Gasteiger partial charge in [-0.25, -0.2) is 9.78 Å². The molecule has 4 aromatic rings. The number of carboxylic acids is 1. The fourth-order valence-corrected chi connectivity index (χ4v) is 6.70. The number of hydrogen-bond acceptors (Lipinski definition) is 7. The van der Waals surface area contributed by atoms with E-state index in [1.54, 1.807) is 41.7 Å². The number of ether oxygens (including phenoxy) is 1. The van der Waals surface area contributed by atoms with Gasteiger partial charge in [-0.1, -0.05) is 31.4 Å².